The summed E-state index contributed by atoms with van der Waals surface area (Å²) in [5.74, 6) is -0.507. The summed E-state index contributed by atoms with van der Waals surface area (Å²) in [6.07, 6.45) is 1.51. The minimum atomic E-state index is -1.19. The maximum atomic E-state index is 13.9. The summed E-state index contributed by atoms with van der Waals surface area (Å²) in [4.78, 5) is 41.7. The second-order valence-corrected chi connectivity index (χ2v) is 11.3. The number of nitrogens with one attached hydrogen (secondary N) is 2. The summed E-state index contributed by atoms with van der Waals surface area (Å²) in [5.41, 5.74) is 1.25. The van der Waals surface area contributed by atoms with Crippen molar-refractivity contribution < 1.29 is 24.2 Å². The molecule has 0 aliphatic heterocycles. The molecule has 0 aliphatic rings. The molecule has 0 bridgehead atoms. The molecule has 2 aromatic carbocycles. The van der Waals surface area contributed by atoms with Crippen LogP contribution in [0.3, 0.4) is 0 Å². The van der Waals surface area contributed by atoms with Gasteiger partial charge >= 0.3 is 6.09 Å². The van der Waals surface area contributed by atoms with Gasteiger partial charge in [0.15, 0.2) is 0 Å². The number of nitrogens with zero attached hydrogens (tertiary/aromatic N) is 1. The number of amides is 3. The predicted octanol–water partition coefficient (Wildman–Crippen LogP) is 5.84. The number of carbonyl (C=O) groups is 3. The number of halogens is 1. The van der Waals surface area contributed by atoms with Crippen LogP contribution >= 0.6 is 23.4 Å². The van der Waals surface area contributed by atoms with Crippen LogP contribution in [0, 0.1) is 13.8 Å². The molecule has 10 heteroatoms. The number of phenols is 1. The first-order valence-corrected chi connectivity index (χ1v) is 14.2. The van der Waals surface area contributed by atoms with E-state index in [0.29, 0.717) is 28.4 Å². The number of hydrogen-bond acceptors (Lipinski definition) is 6. The van der Waals surface area contributed by atoms with Gasteiger partial charge in [-0.1, -0.05) is 41.9 Å². The first kappa shape index (κ1) is 31.3. The van der Waals surface area contributed by atoms with E-state index in [-0.39, 0.29) is 17.9 Å². The molecule has 0 saturated heterocycles. The zero-order valence-electron chi connectivity index (χ0n) is 23.1. The van der Waals surface area contributed by atoms with Crippen molar-refractivity contribution in [2.24, 2.45) is 0 Å². The van der Waals surface area contributed by atoms with Gasteiger partial charge in [-0.3, -0.25) is 9.59 Å². The van der Waals surface area contributed by atoms with E-state index >= 15 is 0 Å². The van der Waals surface area contributed by atoms with Crippen LogP contribution in [0.25, 0.3) is 0 Å². The van der Waals surface area contributed by atoms with E-state index in [2.05, 4.69) is 10.6 Å². The number of hydrogen-bond donors (Lipinski definition) is 3. The van der Waals surface area contributed by atoms with E-state index in [4.69, 9.17) is 16.3 Å². The van der Waals surface area contributed by atoms with Gasteiger partial charge in [-0.2, -0.15) is 11.8 Å². The van der Waals surface area contributed by atoms with Crippen molar-refractivity contribution in [2.45, 2.75) is 65.6 Å². The van der Waals surface area contributed by atoms with Gasteiger partial charge in [0, 0.05) is 12.1 Å². The van der Waals surface area contributed by atoms with Gasteiger partial charge in [0.1, 0.15) is 23.4 Å². The average molecular weight is 564 g/mol. The summed E-state index contributed by atoms with van der Waals surface area (Å²) in [7, 11) is 0. The molecule has 0 fully saturated rings. The standard InChI is InChI=1S/C28H38ClN3O5S/c1-8-32(26(35)21(15-16-38-7)30-27(36)37-28(4,5)6)23(19-13-9-12-18(3)24(19)33)25(34)31-22-17(2)11-10-14-20(22)29/h9-14,21,23,33H,8,15-16H2,1-7H3,(H,30,36)(H,31,34). The van der Waals surface area contributed by atoms with Crippen LogP contribution < -0.4 is 10.6 Å². The number of anilines is 1. The van der Waals surface area contributed by atoms with Crippen molar-refractivity contribution in [3.63, 3.8) is 0 Å². The van der Waals surface area contributed by atoms with Crippen LogP contribution in [-0.2, 0) is 14.3 Å². The first-order valence-electron chi connectivity index (χ1n) is 12.4. The molecule has 3 N–H and O–H groups in total. The van der Waals surface area contributed by atoms with Gasteiger partial charge in [0.05, 0.1) is 10.7 Å². The summed E-state index contributed by atoms with van der Waals surface area (Å²) in [6, 6.07) is 8.16. The number of phenolic OH excluding ortho intramolecular Hbond substituents is 1. The number of thioether (sulfide) groups is 1. The summed E-state index contributed by atoms with van der Waals surface area (Å²) < 4.78 is 5.38. The Hall–Kier alpha value is -2.91. The maximum Gasteiger partial charge on any atom is 0.408 e. The first-order chi connectivity index (χ1) is 17.8. The van der Waals surface area contributed by atoms with Crippen molar-refractivity contribution in [1.82, 2.24) is 10.2 Å². The number of benzene rings is 2. The molecule has 2 unspecified atom stereocenters. The van der Waals surface area contributed by atoms with Gasteiger partial charge < -0.3 is 25.4 Å². The molecule has 0 heterocycles. The quantitative estimate of drug-likeness (QED) is 0.335. The molecule has 208 valence electrons. The molecule has 3 amide bonds. The Kier molecular flexibility index (Phi) is 11.3. The van der Waals surface area contributed by atoms with Crippen molar-refractivity contribution in [1.29, 1.82) is 0 Å². The number of aromatic hydroxyl groups is 1. The largest absolute Gasteiger partial charge is 0.507 e. The zero-order chi connectivity index (χ0) is 28.6. The van der Waals surface area contributed by atoms with Gasteiger partial charge in [-0.25, -0.2) is 4.79 Å². The Bertz CT molecular complexity index is 1130. The second kappa shape index (κ2) is 13.8. The Balaban J connectivity index is 2.54. The highest BCUT2D eigenvalue weighted by Gasteiger charge is 2.37. The van der Waals surface area contributed by atoms with Crippen LogP contribution in [0.2, 0.25) is 5.02 Å². The Morgan fingerprint density at radius 1 is 1.11 bits per heavy atom. The number of ether oxygens (including phenoxy) is 1. The monoisotopic (exact) mass is 563 g/mol. The zero-order valence-corrected chi connectivity index (χ0v) is 24.6. The molecule has 8 nitrogen and oxygen atoms in total. The summed E-state index contributed by atoms with van der Waals surface area (Å²) in [6.45, 7) is 10.6. The molecule has 0 saturated carbocycles. The van der Waals surface area contributed by atoms with E-state index in [0.717, 1.165) is 5.56 Å². The van der Waals surface area contributed by atoms with Gasteiger partial charge in [0.25, 0.3) is 5.91 Å². The highest BCUT2D eigenvalue weighted by molar-refractivity contribution is 7.98. The van der Waals surface area contributed by atoms with Crippen molar-refractivity contribution in [3.05, 3.63) is 58.1 Å². The van der Waals surface area contributed by atoms with Crippen molar-refractivity contribution in [3.8, 4) is 5.75 Å². The summed E-state index contributed by atoms with van der Waals surface area (Å²) >= 11 is 7.90. The van der Waals surface area contributed by atoms with Gasteiger partial charge in [-0.15, -0.1) is 0 Å². The molecule has 2 aromatic rings. The lowest BCUT2D eigenvalue weighted by atomic mass is 9.98. The maximum absolute atomic E-state index is 13.9. The number of aryl methyl sites for hydroxylation is 2. The van der Waals surface area contributed by atoms with Crippen LogP contribution in [0.4, 0.5) is 10.5 Å². The molecule has 0 spiro atoms. The van der Waals surface area contributed by atoms with E-state index in [9.17, 15) is 19.5 Å². The topological polar surface area (TPSA) is 108 Å². The number of alkyl carbamates (subject to hydrolysis) is 1. The van der Waals surface area contributed by atoms with E-state index in [1.54, 1.807) is 65.0 Å². The lowest BCUT2D eigenvalue weighted by Gasteiger charge is -2.34. The minimum absolute atomic E-state index is 0.0875. The number of para-hydroxylation sites is 2. The van der Waals surface area contributed by atoms with Crippen LogP contribution in [0.1, 0.15) is 56.8 Å². The number of rotatable bonds is 10. The molecule has 0 aliphatic carbocycles. The fourth-order valence-electron chi connectivity index (χ4n) is 3.94. The molecule has 0 aromatic heterocycles. The van der Waals surface area contributed by atoms with Crippen LogP contribution in [-0.4, -0.2) is 58.1 Å². The fraction of sp³-hybridized carbons (Fsp3) is 0.464. The SMILES string of the molecule is CCN(C(=O)C(CCSC)NC(=O)OC(C)(C)C)C(C(=O)Nc1c(C)cccc1Cl)c1cccc(C)c1O. The third-order valence-electron chi connectivity index (χ3n) is 5.82. The van der Waals surface area contributed by atoms with Crippen molar-refractivity contribution in [2.75, 3.05) is 23.9 Å². The van der Waals surface area contributed by atoms with E-state index in [1.165, 1.54) is 16.7 Å². The highest BCUT2D eigenvalue weighted by Crippen LogP contribution is 2.34. The predicted molar refractivity (Wildman–Crippen MR) is 154 cm³/mol. The van der Waals surface area contributed by atoms with Crippen LogP contribution in [0.5, 0.6) is 5.75 Å². The Labute approximate surface area is 234 Å². The molecular weight excluding hydrogens is 526 g/mol. The molecular formula is C28H38ClN3O5S. The fourth-order valence-corrected chi connectivity index (χ4v) is 4.68. The Morgan fingerprint density at radius 2 is 1.74 bits per heavy atom. The summed E-state index contributed by atoms with van der Waals surface area (Å²) in [5, 5.41) is 16.8. The second-order valence-electron chi connectivity index (χ2n) is 9.94. The Morgan fingerprint density at radius 3 is 2.32 bits per heavy atom. The van der Waals surface area contributed by atoms with Gasteiger partial charge in [0.2, 0.25) is 5.91 Å². The normalized spacial score (nSPS) is 12.8. The lowest BCUT2D eigenvalue weighted by molar-refractivity contribution is -0.140. The molecule has 2 rings (SSSR count). The average Bonchev–Trinajstić information content (AvgIpc) is 2.83. The third-order valence-corrected chi connectivity index (χ3v) is 6.78. The van der Waals surface area contributed by atoms with Gasteiger partial charge in [-0.05, 0) is 77.2 Å². The van der Waals surface area contributed by atoms with Crippen molar-refractivity contribution >= 4 is 47.0 Å². The number of likely N-dealkylation sites (N-methyl/N-ethyl adjacent to an activating group) is 1. The third kappa shape index (κ3) is 8.30. The number of carbonyl (C=O) groups excluding carboxylic acids is 3. The lowest BCUT2D eigenvalue weighted by Crippen LogP contribution is -2.52. The van der Waals surface area contributed by atoms with Crippen LogP contribution in [0.15, 0.2) is 36.4 Å². The van der Waals surface area contributed by atoms with E-state index < -0.39 is 35.6 Å². The molecule has 0 radical (unpaired) electrons. The highest BCUT2D eigenvalue weighted by atomic mass is 35.5. The van der Waals surface area contributed by atoms with E-state index in [1.807, 2.05) is 19.2 Å². The molecule has 2 atom stereocenters. The minimum Gasteiger partial charge on any atom is -0.507 e. The smallest absolute Gasteiger partial charge is 0.408 e. The molecule has 38 heavy (non-hydrogen) atoms.